The summed E-state index contributed by atoms with van der Waals surface area (Å²) in [4.78, 5) is 4.28. The predicted molar refractivity (Wildman–Crippen MR) is 77.2 cm³/mol. The van der Waals surface area contributed by atoms with Gasteiger partial charge in [-0.2, -0.15) is 0 Å². The molecule has 1 aromatic carbocycles. The predicted octanol–water partition coefficient (Wildman–Crippen LogP) is 3.16. The highest BCUT2D eigenvalue weighted by Gasteiger charge is 2.02. The highest BCUT2D eigenvalue weighted by atomic mass is 35.5. The lowest BCUT2D eigenvalue weighted by Gasteiger charge is -2.09. The van der Waals surface area contributed by atoms with Crippen molar-refractivity contribution in [3.63, 3.8) is 0 Å². The third-order valence-electron chi connectivity index (χ3n) is 2.74. The highest BCUT2D eigenvalue weighted by molar-refractivity contribution is 6.31. The van der Waals surface area contributed by atoms with Crippen LogP contribution in [-0.2, 0) is 13.0 Å². The van der Waals surface area contributed by atoms with Crippen LogP contribution in [0, 0.1) is 0 Å². The molecule has 0 saturated heterocycles. The topological polar surface area (TPSA) is 60.2 Å². The summed E-state index contributed by atoms with van der Waals surface area (Å²) in [5.74, 6) is 6.72. The van der Waals surface area contributed by atoms with Crippen molar-refractivity contribution in [2.24, 2.45) is 5.84 Å². The summed E-state index contributed by atoms with van der Waals surface area (Å²) in [5.41, 5.74) is 4.39. The molecule has 5 heteroatoms. The summed E-state index contributed by atoms with van der Waals surface area (Å²) >= 11 is 6.06. The number of ether oxygens (including phenoxy) is 1. The van der Waals surface area contributed by atoms with Gasteiger partial charge in [-0.1, -0.05) is 24.6 Å². The molecular formula is C14H16ClN3O. The summed E-state index contributed by atoms with van der Waals surface area (Å²) in [6.07, 6.45) is 0.876. The number of aromatic nitrogens is 1. The van der Waals surface area contributed by atoms with Gasteiger partial charge in [0.05, 0.1) is 5.69 Å². The normalized spacial score (nSPS) is 10.3. The van der Waals surface area contributed by atoms with Crippen molar-refractivity contribution in [3.05, 3.63) is 52.7 Å². The zero-order valence-corrected chi connectivity index (χ0v) is 11.4. The first-order valence-electron chi connectivity index (χ1n) is 6.06. The summed E-state index contributed by atoms with van der Waals surface area (Å²) in [5, 5.41) is 0.766. The number of nitrogens with two attached hydrogens (primary N) is 1. The number of anilines is 1. The van der Waals surface area contributed by atoms with E-state index in [1.807, 2.05) is 30.3 Å². The molecule has 0 unspecified atom stereocenters. The average Bonchev–Trinajstić information content (AvgIpc) is 2.46. The number of aryl methyl sites for hydroxylation is 1. The van der Waals surface area contributed by atoms with E-state index in [9.17, 15) is 0 Å². The first kappa shape index (κ1) is 13.6. The Kier molecular flexibility index (Phi) is 4.60. The van der Waals surface area contributed by atoms with Crippen LogP contribution in [0.3, 0.4) is 0 Å². The van der Waals surface area contributed by atoms with E-state index in [1.165, 1.54) is 0 Å². The molecule has 0 bridgehead atoms. The molecule has 0 radical (unpaired) electrons. The third kappa shape index (κ3) is 3.59. The van der Waals surface area contributed by atoms with E-state index < -0.39 is 0 Å². The van der Waals surface area contributed by atoms with Gasteiger partial charge in [-0.3, -0.25) is 0 Å². The van der Waals surface area contributed by atoms with Crippen LogP contribution in [0.15, 0.2) is 36.4 Å². The van der Waals surface area contributed by atoms with Gasteiger partial charge in [0, 0.05) is 5.02 Å². The molecule has 1 heterocycles. The molecule has 1 aromatic heterocycles. The molecule has 2 rings (SSSR count). The number of nitrogens with zero attached hydrogens (tertiary/aromatic N) is 1. The first-order chi connectivity index (χ1) is 9.22. The second-order valence-electron chi connectivity index (χ2n) is 4.05. The maximum absolute atomic E-state index is 6.06. The molecule has 0 atom stereocenters. The quantitative estimate of drug-likeness (QED) is 0.651. The van der Waals surface area contributed by atoms with Gasteiger partial charge >= 0.3 is 0 Å². The number of nitrogens with one attached hydrogen (secondary N) is 1. The Morgan fingerprint density at radius 2 is 2.16 bits per heavy atom. The summed E-state index contributed by atoms with van der Waals surface area (Å²) in [6, 6.07) is 11.2. The molecule has 0 aliphatic rings. The standard InChI is InChI=1S/C14H16ClN3O/c1-2-10-8-12(6-7-13(10)15)19-9-11-4-3-5-14(17-11)18-16/h3-8H,2,9,16H2,1H3,(H,17,18). The zero-order chi connectivity index (χ0) is 13.7. The van der Waals surface area contributed by atoms with Crippen molar-refractivity contribution in [2.45, 2.75) is 20.0 Å². The average molecular weight is 278 g/mol. The Morgan fingerprint density at radius 1 is 1.32 bits per heavy atom. The van der Waals surface area contributed by atoms with Gasteiger partial charge in [0.1, 0.15) is 18.2 Å². The molecule has 2 aromatic rings. The fraction of sp³-hybridized carbons (Fsp3) is 0.214. The van der Waals surface area contributed by atoms with Crippen molar-refractivity contribution >= 4 is 17.4 Å². The van der Waals surface area contributed by atoms with E-state index in [0.717, 1.165) is 28.5 Å². The number of hydrogen-bond donors (Lipinski definition) is 2. The van der Waals surface area contributed by atoms with E-state index in [0.29, 0.717) is 12.4 Å². The number of hydrogen-bond acceptors (Lipinski definition) is 4. The summed E-state index contributed by atoms with van der Waals surface area (Å²) < 4.78 is 5.70. The molecule has 3 N–H and O–H groups in total. The minimum atomic E-state index is 0.389. The third-order valence-corrected chi connectivity index (χ3v) is 3.11. The molecule has 4 nitrogen and oxygen atoms in total. The van der Waals surface area contributed by atoms with E-state index in [4.69, 9.17) is 22.2 Å². The van der Waals surface area contributed by atoms with Crippen molar-refractivity contribution in [3.8, 4) is 5.75 Å². The Labute approximate surface area is 117 Å². The Bertz CT molecular complexity index is 560. The van der Waals surface area contributed by atoms with Crippen LogP contribution < -0.4 is 16.0 Å². The molecule has 0 saturated carbocycles. The van der Waals surface area contributed by atoms with Crippen LogP contribution in [0.4, 0.5) is 5.82 Å². The van der Waals surface area contributed by atoms with E-state index >= 15 is 0 Å². The van der Waals surface area contributed by atoms with Crippen LogP contribution in [0.25, 0.3) is 0 Å². The SMILES string of the molecule is CCc1cc(OCc2cccc(NN)n2)ccc1Cl. The second kappa shape index (κ2) is 6.41. The fourth-order valence-electron chi connectivity index (χ4n) is 1.71. The van der Waals surface area contributed by atoms with Gasteiger partial charge in [0.25, 0.3) is 0 Å². The lowest BCUT2D eigenvalue weighted by Crippen LogP contribution is -2.09. The monoisotopic (exact) mass is 277 g/mol. The minimum absolute atomic E-state index is 0.389. The van der Waals surface area contributed by atoms with Crippen molar-refractivity contribution in [1.82, 2.24) is 4.98 Å². The number of benzene rings is 1. The Morgan fingerprint density at radius 3 is 2.89 bits per heavy atom. The Balaban J connectivity index is 2.05. The van der Waals surface area contributed by atoms with Crippen LogP contribution >= 0.6 is 11.6 Å². The smallest absolute Gasteiger partial charge is 0.140 e. The molecule has 0 aliphatic heterocycles. The first-order valence-corrected chi connectivity index (χ1v) is 6.44. The van der Waals surface area contributed by atoms with E-state index in [1.54, 1.807) is 6.07 Å². The molecular weight excluding hydrogens is 262 g/mol. The molecule has 19 heavy (non-hydrogen) atoms. The molecule has 0 aliphatic carbocycles. The number of hydrazine groups is 1. The molecule has 100 valence electrons. The highest BCUT2D eigenvalue weighted by Crippen LogP contribution is 2.23. The van der Waals surface area contributed by atoms with Gasteiger partial charge in [0.15, 0.2) is 0 Å². The van der Waals surface area contributed by atoms with Gasteiger partial charge < -0.3 is 10.2 Å². The van der Waals surface area contributed by atoms with Crippen molar-refractivity contribution in [2.75, 3.05) is 5.43 Å². The van der Waals surface area contributed by atoms with E-state index in [-0.39, 0.29) is 0 Å². The number of pyridine rings is 1. The summed E-state index contributed by atoms with van der Waals surface area (Å²) in [7, 11) is 0. The molecule has 0 spiro atoms. The second-order valence-corrected chi connectivity index (χ2v) is 4.46. The molecule has 0 fully saturated rings. The number of halogens is 1. The lowest BCUT2D eigenvalue weighted by molar-refractivity contribution is 0.301. The lowest BCUT2D eigenvalue weighted by atomic mass is 10.1. The van der Waals surface area contributed by atoms with Crippen molar-refractivity contribution in [1.29, 1.82) is 0 Å². The van der Waals surface area contributed by atoms with Gasteiger partial charge in [-0.05, 0) is 42.3 Å². The fourth-order valence-corrected chi connectivity index (χ4v) is 1.96. The van der Waals surface area contributed by atoms with Gasteiger partial charge in [0.2, 0.25) is 0 Å². The van der Waals surface area contributed by atoms with E-state index in [2.05, 4.69) is 17.3 Å². The summed E-state index contributed by atoms with van der Waals surface area (Å²) in [6.45, 7) is 2.45. The maximum atomic E-state index is 6.06. The van der Waals surface area contributed by atoms with Crippen LogP contribution in [0.2, 0.25) is 5.02 Å². The van der Waals surface area contributed by atoms with Gasteiger partial charge in [-0.15, -0.1) is 0 Å². The van der Waals surface area contributed by atoms with Crippen LogP contribution in [0.5, 0.6) is 5.75 Å². The Hall–Kier alpha value is -1.78. The van der Waals surface area contributed by atoms with Crippen molar-refractivity contribution < 1.29 is 4.74 Å². The minimum Gasteiger partial charge on any atom is -0.487 e. The number of rotatable bonds is 5. The largest absolute Gasteiger partial charge is 0.487 e. The maximum Gasteiger partial charge on any atom is 0.140 e. The van der Waals surface area contributed by atoms with Gasteiger partial charge in [-0.25, -0.2) is 10.8 Å². The molecule has 0 amide bonds. The van der Waals surface area contributed by atoms with Crippen LogP contribution in [-0.4, -0.2) is 4.98 Å². The number of nitrogen functional groups attached to an aromatic ring is 1. The van der Waals surface area contributed by atoms with Crippen LogP contribution in [0.1, 0.15) is 18.2 Å². The zero-order valence-electron chi connectivity index (χ0n) is 10.7.